The number of nitrogens with one attached hydrogen (secondary N) is 1. The van der Waals surface area contributed by atoms with E-state index in [0.29, 0.717) is 11.4 Å². The Bertz CT molecular complexity index is 600. The van der Waals surface area contributed by atoms with Gasteiger partial charge in [-0.25, -0.2) is 4.39 Å². The van der Waals surface area contributed by atoms with E-state index in [0.717, 1.165) is 6.07 Å². The Kier molecular flexibility index (Phi) is 3.54. The van der Waals surface area contributed by atoms with Gasteiger partial charge >= 0.3 is 0 Å². The van der Waals surface area contributed by atoms with Crippen LogP contribution in [-0.4, -0.2) is 11.7 Å². The molecule has 1 aromatic carbocycles. The number of nitriles is 1. The summed E-state index contributed by atoms with van der Waals surface area (Å²) in [5.41, 5.74) is -0.559. The normalized spacial score (nSPS) is 13.6. The molecule has 5 heteroatoms. The van der Waals surface area contributed by atoms with E-state index in [-0.39, 0.29) is 12.1 Å². The van der Waals surface area contributed by atoms with Crippen molar-refractivity contribution < 1.29 is 13.9 Å². The topological polar surface area (TPSA) is 69.2 Å². The number of benzene rings is 1. The second-order valence-electron chi connectivity index (χ2n) is 4.41. The molecule has 0 aliphatic heterocycles. The Morgan fingerprint density at radius 2 is 2.26 bits per heavy atom. The Morgan fingerprint density at radius 1 is 1.47 bits per heavy atom. The molecule has 1 atom stereocenters. The molecule has 2 N–H and O–H groups in total. The van der Waals surface area contributed by atoms with Gasteiger partial charge in [-0.05, 0) is 37.3 Å². The fraction of sp³-hybridized carbons (Fsp3) is 0.214. The maximum Gasteiger partial charge on any atom is 0.136 e. The largest absolute Gasteiger partial charge is 0.466 e. The van der Waals surface area contributed by atoms with Crippen LogP contribution in [0.2, 0.25) is 0 Å². The molecule has 0 spiro atoms. The predicted molar refractivity (Wildman–Crippen MR) is 67.9 cm³/mol. The molecule has 0 aliphatic rings. The first-order chi connectivity index (χ1) is 9.03. The van der Waals surface area contributed by atoms with E-state index in [2.05, 4.69) is 5.32 Å². The van der Waals surface area contributed by atoms with Gasteiger partial charge in [0, 0.05) is 0 Å². The molecule has 4 nitrogen and oxygen atoms in total. The third-order valence-corrected chi connectivity index (χ3v) is 2.78. The minimum absolute atomic E-state index is 0.140. The SMILES string of the molecule is CC(O)(CNc1ccc(F)cc1C#N)c1ccco1. The average molecular weight is 260 g/mol. The second-order valence-corrected chi connectivity index (χ2v) is 4.41. The molecular formula is C14H13FN2O2. The molecule has 0 aliphatic carbocycles. The number of nitrogens with zero attached hydrogens (tertiary/aromatic N) is 1. The van der Waals surface area contributed by atoms with Crippen LogP contribution in [0.25, 0.3) is 0 Å². The van der Waals surface area contributed by atoms with Crippen molar-refractivity contribution >= 4 is 5.69 Å². The lowest BCUT2D eigenvalue weighted by molar-refractivity contribution is 0.0476. The molecule has 0 bridgehead atoms. The van der Waals surface area contributed by atoms with E-state index in [4.69, 9.17) is 9.68 Å². The van der Waals surface area contributed by atoms with Gasteiger partial charge < -0.3 is 14.8 Å². The number of halogens is 1. The van der Waals surface area contributed by atoms with Gasteiger partial charge in [-0.1, -0.05) is 0 Å². The van der Waals surface area contributed by atoms with Crippen molar-refractivity contribution in [3.05, 3.63) is 53.7 Å². The van der Waals surface area contributed by atoms with Gasteiger partial charge in [-0.3, -0.25) is 0 Å². The van der Waals surface area contributed by atoms with Gasteiger partial charge in [0.25, 0.3) is 0 Å². The number of anilines is 1. The van der Waals surface area contributed by atoms with Gasteiger partial charge in [-0.15, -0.1) is 0 Å². The Hall–Kier alpha value is -2.32. The highest BCUT2D eigenvalue weighted by Gasteiger charge is 2.26. The van der Waals surface area contributed by atoms with Crippen molar-refractivity contribution in [2.45, 2.75) is 12.5 Å². The number of hydrogen-bond donors (Lipinski definition) is 2. The molecule has 0 saturated carbocycles. The highest BCUT2D eigenvalue weighted by Crippen LogP contribution is 2.23. The minimum atomic E-state index is -1.22. The van der Waals surface area contributed by atoms with E-state index < -0.39 is 11.4 Å². The summed E-state index contributed by atoms with van der Waals surface area (Å²) >= 11 is 0. The van der Waals surface area contributed by atoms with Gasteiger partial charge in [0.15, 0.2) is 0 Å². The molecule has 98 valence electrons. The van der Waals surface area contributed by atoms with Crippen molar-refractivity contribution in [2.24, 2.45) is 0 Å². The van der Waals surface area contributed by atoms with Crippen molar-refractivity contribution in [1.82, 2.24) is 0 Å². The van der Waals surface area contributed by atoms with Gasteiger partial charge in [0.2, 0.25) is 0 Å². The zero-order chi connectivity index (χ0) is 13.9. The van der Waals surface area contributed by atoms with Gasteiger partial charge in [0.1, 0.15) is 23.2 Å². The summed E-state index contributed by atoms with van der Waals surface area (Å²) in [6.45, 7) is 1.73. The fourth-order valence-corrected chi connectivity index (χ4v) is 1.70. The molecule has 1 unspecified atom stereocenters. The van der Waals surface area contributed by atoms with Crippen LogP contribution in [0.5, 0.6) is 0 Å². The quantitative estimate of drug-likeness (QED) is 0.886. The summed E-state index contributed by atoms with van der Waals surface area (Å²) in [5, 5.41) is 22.1. The number of aliphatic hydroxyl groups is 1. The van der Waals surface area contributed by atoms with Crippen LogP contribution >= 0.6 is 0 Å². The summed E-state index contributed by atoms with van der Waals surface area (Å²) in [6, 6.07) is 9.11. The minimum Gasteiger partial charge on any atom is -0.466 e. The molecule has 1 aromatic heterocycles. The van der Waals surface area contributed by atoms with Crippen molar-refractivity contribution in [3.8, 4) is 6.07 Å². The Morgan fingerprint density at radius 3 is 2.89 bits per heavy atom. The summed E-state index contributed by atoms with van der Waals surface area (Å²) in [7, 11) is 0. The highest BCUT2D eigenvalue weighted by atomic mass is 19.1. The lowest BCUT2D eigenvalue weighted by Crippen LogP contribution is -2.30. The van der Waals surface area contributed by atoms with Crippen LogP contribution in [-0.2, 0) is 5.60 Å². The zero-order valence-corrected chi connectivity index (χ0v) is 10.4. The van der Waals surface area contributed by atoms with E-state index in [9.17, 15) is 9.50 Å². The lowest BCUT2D eigenvalue weighted by atomic mass is 10.0. The lowest BCUT2D eigenvalue weighted by Gasteiger charge is -2.22. The van der Waals surface area contributed by atoms with Gasteiger partial charge in [-0.2, -0.15) is 5.26 Å². The first-order valence-electron chi connectivity index (χ1n) is 5.73. The van der Waals surface area contributed by atoms with E-state index in [1.54, 1.807) is 19.1 Å². The van der Waals surface area contributed by atoms with Crippen molar-refractivity contribution in [2.75, 3.05) is 11.9 Å². The van der Waals surface area contributed by atoms with Crippen LogP contribution in [0.3, 0.4) is 0 Å². The first kappa shape index (κ1) is 13.1. The molecular weight excluding hydrogens is 247 g/mol. The third kappa shape index (κ3) is 2.92. The summed E-state index contributed by atoms with van der Waals surface area (Å²) in [6.07, 6.45) is 1.47. The molecule has 2 aromatic rings. The van der Waals surface area contributed by atoms with Crippen LogP contribution in [0.15, 0.2) is 41.0 Å². The summed E-state index contributed by atoms with van der Waals surface area (Å²) < 4.78 is 18.1. The monoisotopic (exact) mass is 260 g/mol. The number of furan rings is 1. The smallest absolute Gasteiger partial charge is 0.136 e. The fourth-order valence-electron chi connectivity index (χ4n) is 1.70. The second kappa shape index (κ2) is 5.12. The van der Waals surface area contributed by atoms with Crippen LogP contribution < -0.4 is 5.32 Å². The van der Waals surface area contributed by atoms with E-state index in [1.807, 2.05) is 6.07 Å². The highest BCUT2D eigenvalue weighted by molar-refractivity contribution is 5.57. The van der Waals surface area contributed by atoms with Crippen LogP contribution in [0.4, 0.5) is 10.1 Å². The maximum absolute atomic E-state index is 13.0. The van der Waals surface area contributed by atoms with Crippen molar-refractivity contribution in [1.29, 1.82) is 5.26 Å². The standard InChI is InChI=1S/C14H13FN2O2/c1-14(18,13-3-2-6-19-13)9-17-12-5-4-11(15)7-10(12)8-16/h2-7,17-18H,9H2,1H3. The van der Waals surface area contributed by atoms with Crippen molar-refractivity contribution in [3.63, 3.8) is 0 Å². The molecule has 19 heavy (non-hydrogen) atoms. The molecule has 1 heterocycles. The van der Waals surface area contributed by atoms with E-state index >= 15 is 0 Å². The zero-order valence-electron chi connectivity index (χ0n) is 10.4. The predicted octanol–water partition coefficient (Wildman–Crippen LogP) is 2.61. The Balaban J connectivity index is 2.13. The first-order valence-corrected chi connectivity index (χ1v) is 5.73. The van der Waals surface area contributed by atoms with Crippen LogP contribution in [0, 0.1) is 17.1 Å². The number of rotatable bonds is 4. The molecule has 0 radical (unpaired) electrons. The van der Waals surface area contributed by atoms with Gasteiger partial charge in [0.05, 0.1) is 24.1 Å². The summed E-state index contributed by atoms with van der Waals surface area (Å²) in [4.78, 5) is 0. The molecule has 0 saturated heterocycles. The van der Waals surface area contributed by atoms with E-state index in [1.165, 1.54) is 18.4 Å². The maximum atomic E-state index is 13.0. The molecule has 2 rings (SSSR count). The molecule has 0 fully saturated rings. The molecule has 0 amide bonds. The third-order valence-electron chi connectivity index (χ3n) is 2.78. The summed E-state index contributed by atoms with van der Waals surface area (Å²) in [5.74, 6) is -0.0551. The average Bonchev–Trinajstić information content (AvgIpc) is 2.91. The Labute approximate surface area is 110 Å². The van der Waals surface area contributed by atoms with Crippen LogP contribution in [0.1, 0.15) is 18.2 Å². The number of hydrogen-bond acceptors (Lipinski definition) is 4.